The van der Waals surface area contributed by atoms with Gasteiger partial charge in [0.15, 0.2) is 5.69 Å². The number of aromatic nitrogens is 2. The first kappa shape index (κ1) is 16.4. The largest absolute Gasteiger partial charge is 0.334 e. The van der Waals surface area contributed by atoms with Gasteiger partial charge in [-0.2, -0.15) is 5.10 Å². The van der Waals surface area contributed by atoms with Crippen molar-refractivity contribution in [1.29, 1.82) is 0 Å². The van der Waals surface area contributed by atoms with E-state index >= 15 is 0 Å². The van der Waals surface area contributed by atoms with Crippen molar-refractivity contribution in [1.82, 2.24) is 15.1 Å². The molecule has 1 saturated heterocycles. The molecule has 1 amide bonds. The normalized spacial score (nSPS) is 18.3. The fourth-order valence-electron chi connectivity index (χ4n) is 3.44. The zero-order valence-electron chi connectivity index (χ0n) is 14.2. The van der Waals surface area contributed by atoms with Gasteiger partial charge in [0, 0.05) is 30.1 Å². The van der Waals surface area contributed by atoms with Crippen molar-refractivity contribution < 1.29 is 9.72 Å². The van der Waals surface area contributed by atoms with Crippen molar-refractivity contribution in [2.75, 3.05) is 6.54 Å². The number of benzene rings is 1. The number of aromatic amines is 1. The highest BCUT2D eigenvalue weighted by Crippen LogP contribution is 2.32. The number of nitro benzene ring substituents is 1. The summed E-state index contributed by atoms with van der Waals surface area (Å²) in [5.41, 5.74) is 1.01. The van der Waals surface area contributed by atoms with E-state index in [9.17, 15) is 14.9 Å². The molecule has 1 aliphatic heterocycles. The molecule has 1 aromatic heterocycles. The number of nitrogens with zero attached hydrogens (tertiary/aromatic N) is 3. The second-order valence-electron chi connectivity index (χ2n) is 7.62. The first-order chi connectivity index (χ1) is 11.3. The third-order valence-electron chi connectivity index (χ3n) is 4.45. The molecule has 1 fully saturated rings. The third kappa shape index (κ3) is 3.11. The molecule has 0 saturated carbocycles. The minimum atomic E-state index is -0.459. The average molecular weight is 330 g/mol. The SMILES string of the molecule is CC(C)(C)CC1CCCN1C(=O)c1n[nH]c2ccc([N+](=O)[O-])cc12. The number of nitrogens with one attached hydrogen (secondary N) is 1. The number of fused-ring (bicyclic) bond motifs is 1. The number of carbonyl (C=O) groups excluding carboxylic acids is 1. The van der Waals surface area contributed by atoms with Crippen LogP contribution in [0, 0.1) is 15.5 Å². The van der Waals surface area contributed by atoms with E-state index in [2.05, 4.69) is 31.0 Å². The van der Waals surface area contributed by atoms with E-state index < -0.39 is 4.92 Å². The van der Waals surface area contributed by atoms with E-state index in [0.717, 1.165) is 19.3 Å². The maximum atomic E-state index is 13.0. The van der Waals surface area contributed by atoms with Gasteiger partial charge >= 0.3 is 0 Å². The molecule has 2 heterocycles. The average Bonchev–Trinajstić information content (AvgIpc) is 3.10. The van der Waals surface area contributed by atoms with Crippen molar-refractivity contribution >= 4 is 22.5 Å². The van der Waals surface area contributed by atoms with E-state index in [0.29, 0.717) is 17.4 Å². The molecular formula is C17H22N4O3. The van der Waals surface area contributed by atoms with Gasteiger partial charge in [-0.05, 0) is 30.7 Å². The van der Waals surface area contributed by atoms with Gasteiger partial charge in [-0.1, -0.05) is 20.8 Å². The van der Waals surface area contributed by atoms with Crippen LogP contribution in [0.3, 0.4) is 0 Å². The van der Waals surface area contributed by atoms with Crippen molar-refractivity contribution in [3.8, 4) is 0 Å². The molecule has 0 aliphatic carbocycles. The summed E-state index contributed by atoms with van der Waals surface area (Å²) in [5.74, 6) is -0.145. The van der Waals surface area contributed by atoms with Crippen LogP contribution in [0.5, 0.6) is 0 Å². The zero-order chi connectivity index (χ0) is 17.5. The molecule has 3 rings (SSSR count). The number of hydrogen-bond acceptors (Lipinski definition) is 4. The number of nitro groups is 1. The highest BCUT2D eigenvalue weighted by molar-refractivity contribution is 6.05. The van der Waals surface area contributed by atoms with Gasteiger partial charge < -0.3 is 4.90 Å². The maximum absolute atomic E-state index is 13.0. The standard InChI is InChI=1S/C17H22N4O3/c1-17(2,3)10-12-5-4-8-20(12)16(22)15-13-9-11(21(23)24)6-7-14(13)18-19-15/h6-7,9,12H,4-5,8,10H2,1-3H3,(H,18,19). The number of H-pyrrole nitrogens is 1. The molecule has 2 aromatic rings. The first-order valence-electron chi connectivity index (χ1n) is 8.20. The minimum absolute atomic E-state index is 0.0365. The van der Waals surface area contributed by atoms with Gasteiger partial charge in [0.2, 0.25) is 0 Å². The molecule has 1 N–H and O–H groups in total. The Bertz CT molecular complexity index is 791. The van der Waals surface area contributed by atoms with Gasteiger partial charge in [0.25, 0.3) is 11.6 Å². The van der Waals surface area contributed by atoms with Crippen LogP contribution in [0.2, 0.25) is 0 Å². The Morgan fingerprint density at radius 1 is 1.46 bits per heavy atom. The monoisotopic (exact) mass is 330 g/mol. The molecular weight excluding hydrogens is 308 g/mol. The summed E-state index contributed by atoms with van der Waals surface area (Å²) in [6, 6.07) is 4.62. The topological polar surface area (TPSA) is 92.1 Å². The molecule has 0 bridgehead atoms. The lowest BCUT2D eigenvalue weighted by molar-refractivity contribution is -0.384. The zero-order valence-corrected chi connectivity index (χ0v) is 14.2. The van der Waals surface area contributed by atoms with E-state index in [-0.39, 0.29) is 28.7 Å². The van der Waals surface area contributed by atoms with E-state index in [1.807, 2.05) is 4.90 Å². The molecule has 0 spiro atoms. The molecule has 24 heavy (non-hydrogen) atoms. The lowest BCUT2D eigenvalue weighted by atomic mass is 9.87. The van der Waals surface area contributed by atoms with E-state index in [1.54, 1.807) is 6.07 Å². The number of likely N-dealkylation sites (tertiary alicyclic amines) is 1. The van der Waals surface area contributed by atoms with Crippen LogP contribution in [0.1, 0.15) is 50.5 Å². The Balaban J connectivity index is 1.93. The summed E-state index contributed by atoms with van der Waals surface area (Å²) in [6.45, 7) is 7.21. The molecule has 1 aromatic carbocycles. The minimum Gasteiger partial charge on any atom is -0.334 e. The summed E-state index contributed by atoms with van der Waals surface area (Å²) in [7, 11) is 0. The van der Waals surface area contributed by atoms with Crippen molar-refractivity contribution in [2.45, 2.75) is 46.1 Å². The molecule has 128 valence electrons. The van der Waals surface area contributed by atoms with Crippen LogP contribution in [0.25, 0.3) is 10.9 Å². The Hall–Kier alpha value is -2.44. The second-order valence-corrected chi connectivity index (χ2v) is 7.62. The van der Waals surface area contributed by atoms with Crippen LogP contribution in [-0.4, -0.2) is 38.5 Å². The number of hydrogen-bond donors (Lipinski definition) is 1. The van der Waals surface area contributed by atoms with Gasteiger partial charge in [-0.15, -0.1) is 0 Å². The highest BCUT2D eigenvalue weighted by atomic mass is 16.6. The van der Waals surface area contributed by atoms with Gasteiger partial charge in [-0.3, -0.25) is 20.0 Å². The quantitative estimate of drug-likeness (QED) is 0.688. The number of carbonyl (C=O) groups is 1. The lowest BCUT2D eigenvalue weighted by Crippen LogP contribution is -2.38. The van der Waals surface area contributed by atoms with Crippen LogP contribution < -0.4 is 0 Å². The molecule has 0 radical (unpaired) electrons. The Morgan fingerprint density at radius 2 is 2.21 bits per heavy atom. The molecule has 1 aliphatic rings. The van der Waals surface area contributed by atoms with Crippen molar-refractivity contribution in [3.05, 3.63) is 34.0 Å². The lowest BCUT2D eigenvalue weighted by Gasteiger charge is -2.30. The Kier molecular flexibility index (Phi) is 4.03. The predicted octanol–water partition coefficient (Wildman–Crippen LogP) is 3.51. The maximum Gasteiger partial charge on any atom is 0.275 e. The Morgan fingerprint density at radius 3 is 2.88 bits per heavy atom. The van der Waals surface area contributed by atoms with Crippen molar-refractivity contribution in [2.24, 2.45) is 5.41 Å². The van der Waals surface area contributed by atoms with Crippen LogP contribution in [0.15, 0.2) is 18.2 Å². The van der Waals surface area contributed by atoms with Crippen molar-refractivity contribution in [3.63, 3.8) is 0 Å². The van der Waals surface area contributed by atoms with E-state index in [4.69, 9.17) is 0 Å². The predicted molar refractivity (Wildman–Crippen MR) is 90.9 cm³/mol. The van der Waals surface area contributed by atoms with Crippen LogP contribution in [0.4, 0.5) is 5.69 Å². The third-order valence-corrected chi connectivity index (χ3v) is 4.45. The first-order valence-corrected chi connectivity index (χ1v) is 8.20. The summed E-state index contributed by atoms with van der Waals surface area (Å²) < 4.78 is 0. The highest BCUT2D eigenvalue weighted by Gasteiger charge is 2.34. The second kappa shape index (κ2) is 5.89. The molecule has 1 unspecified atom stereocenters. The van der Waals surface area contributed by atoms with E-state index in [1.165, 1.54) is 12.1 Å². The fourth-order valence-corrected chi connectivity index (χ4v) is 3.44. The van der Waals surface area contributed by atoms with Crippen LogP contribution >= 0.6 is 0 Å². The summed E-state index contributed by atoms with van der Waals surface area (Å²) in [4.78, 5) is 25.4. The number of amides is 1. The Labute approximate surface area is 140 Å². The molecule has 7 nitrogen and oxygen atoms in total. The van der Waals surface area contributed by atoms with Crippen LogP contribution in [-0.2, 0) is 0 Å². The summed E-state index contributed by atoms with van der Waals surface area (Å²) in [6.07, 6.45) is 2.90. The molecule has 1 atom stereocenters. The smallest absolute Gasteiger partial charge is 0.275 e. The summed E-state index contributed by atoms with van der Waals surface area (Å²) >= 11 is 0. The van der Waals surface area contributed by atoms with Gasteiger partial charge in [0.1, 0.15) is 0 Å². The summed E-state index contributed by atoms with van der Waals surface area (Å²) in [5, 5.41) is 18.4. The number of rotatable bonds is 3. The van der Waals surface area contributed by atoms with Gasteiger partial charge in [0.05, 0.1) is 10.4 Å². The fraction of sp³-hybridized carbons (Fsp3) is 0.529. The molecule has 7 heteroatoms. The van der Waals surface area contributed by atoms with Gasteiger partial charge in [-0.25, -0.2) is 0 Å². The number of non-ortho nitro benzene ring substituents is 1.